The minimum absolute atomic E-state index is 0.0671. The van der Waals surface area contributed by atoms with Gasteiger partial charge in [0.2, 0.25) is 12.0 Å². The average molecular weight is 631 g/mol. The van der Waals surface area contributed by atoms with Crippen LogP contribution in [0.1, 0.15) is 17.3 Å². The molecule has 2 aliphatic rings. The molecule has 16 heteroatoms. The summed E-state index contributed by atoms with van der Waals surface area (Å²) in [5.74, 6) is 0.136. The van der Waals surface area contributed by atoms with Gasteiger partial charge in [0.15, 0.2) is 35.4 Å². The van der Waals surface area contributed by atoms with Gasteiger partial charge in [0.25, 0.3) is 0 Å². The lowest BCUT2D eigenvalue weighted by molar-refractivity contribution is -0.318. The molecule has 0 spiro atoms. The zero-order valence-electron chi connectivity index (χ0n) is 24.6. The molecule has 2 saturated heterocycles. The van der Waals surface area contributed by atoms with Crippen molar-refractivity contribution in [2.75, 3.05) is 41.7 Å². The van der Waals surface area contributed by atoms with Crippen molar-refractivity contribution in [3.8, 4) is 34.5 Å². The van der Waals surface area contributed by atoms with Crippen molar-refractivity contribution < 1.29 is 78.4 Å². The number of aliphatic hydroxyl groups excluding tert-OH is 4. The molecule has 4 rings (SSSR count). The van der Waals surface area contributed by atoms with Crippen molar-refractivity contribution in [3.05, 3.63) is 35.9 Å². The molecule has 16 nitrogen and oxygen atoms in total. The van der Waals surface area contributed by atoms with Crippen molar-refractivity contribution >= 4 is 5.97 Å². The van der Waals surface area contributed by atoms with Crippen LogP contribution in [0.25, 0.3) is 0 Å². The fourth-order valence-corrected chi connectivity index (χ4v) is 4.35. The maximum absolute atomic E-state index is 10.6. The summed E-state index contributed by atoms with van der Waals surface area (Å²) in [7, 11) is 5.66. The van der Waals surface area contributed by atoms with E-state index >= 15 is 0 Å². The topological polar surface area (TPSA) is 233 Å². The number of methoxy groups -OCH3 is 4. The summed E-state index contributed by atoms with van der Waals surface area (Å²) in [5.41, 5.74) is -1.48. The Kier molecular flexibility index (Phi) is 11.8. The van der Waals surface area contributed by atoms with Crippen molar-refractivity contribution in [1.29, 1.82) is 0 Å². The van der Waals surface area contributed by atoms with Crippen molar-refractivity contribution in [1.82, 2.24) is 0 Å². The van der Waals surface area contributed by atoms with Gasteiger partial charge in [0, 0.05) is 12.1 Å². The molecule has 2 fully saturated rings. The number of ether oxygens (including phenoxy) is 8. The second kappa shape index (κ2) is 14.9. The predicted molar refractivity (Wildman–Crippen MR) is 147 cm³/mol. The molecule has 0 bridgehead atoms. The molecule has 2 aromatic rings. The van der Waals surface area contributed by atoms with Gasteiger partial charge in [0.05, 0.1) is 47.2 Å². The SMILES string of the molecule is COc1cc(C(=O)O)ccc1O.COc1cc(OC2OC(CO)C(O)C(O)C2OC2OCC(C)(O)C2O)cc(OC)c1OC. The van der Waals surface area contributed by atoms with Crippen LogP contribution in [0.3, 0.4) is 0 Å². The van der Waals surface area contributed by atoms with Crippen LogP contribution in [0.15, 0.2) is 30.3 Å². The van der Waals surface area contributed by atoms with Gasteiger partial charge in [0.1, 0.15) is 35.8 Å². The molecule has 0 aliphatic carbocycles. The van der Waals surface area contributed by atoms with Gasteiger partial charge in [-0.15, -0.1) is 0 Å². The monoisotopic (exact) mass is 630 g/mol. The van der Waals surface area contributed by atoms with E-state index in [1.807, 2.05) is 0 Å². The Morgan fingerprint density at radius 1 is 0.932 bits per heavy atom. The Hall–Kier alpha value is -3.61. The average Bonchev–Trinajstić information content (AvgIpc) is 3.27. The number of phenolic OH excluding ortho intramolecular Hbond substituents is 1. The molecular weight excluding hydrogens is 592 g/mol. The second-order valence-electron chi connectivity index (χ2n) is 9.96. The second-order valence-corrected chi connectivity index (χ2v) is 9.96. The molecule has 0 radical (unpaired) electrons. The highest BCUT2D eigenvalue weighted by molar-refractivity contribution is 5.88. The molecule has 7 N–H and O–H groups in total. The molecule has 2 aromatic carbocycles. The van der Waals surface area contributed by atoms with E-state index in [-0.39, 0.29) is 29.4 Å². The van der Waals surface area contributed by atoms with Crippen LogP contribution in [0.2, 0.25) is 0 Å². The van der Waals surface area contributed by atoms with Crippen LogP contribution in [-0.4, -0.2) is 132 Å². The lowest BCUT2D eigenvalue weighted by Crippen LogP contribution is -2.62. The number of hydrogen-bond acceptors (Lipinski definition) is 15. The summed E-state index contributed by atoms with van der Waals surface area (Å²) in [6, 6.07) is 6.82. The summed E-state index contributed by atoms with van der Waals surface area (Å²) < 4.78 is 43.0. The predicted octanol–water partition coefficient (Wildman–Crippen LogP) is -0.517. The number of aromatic hydroxyl groups is 1. The molecule has 44 heavy (non-hydrogen) atoms. The van der Waals surface area contributed by atoms with Gasteiger partial charge in [-0.3, -0.25) is 0 Å². The first-order valence-corrected chi connectivity index (χ1v) is 13.2. The molecule has 2 aliphatic heterocycles. The van der Waals surface area contributed by atoms with Gasteiger partial charge < -0.3 is 73.6 Å². The molecule has 0 amide bonds. The number of carbonyl (C=O) groups is 1. The molecule has 0 saturated carbocycles. The number of aromatic carboxylic acids is 1. The molecule has 0 aromatic heterocycles. The highest BCUT2D eigenvalue weighted by atomic mass is 16.8. The van der Waals surface area contributed by atoms with E-state index in [1.165, 1.54) is 65.7 Å². The normalized spacial score (nSPS) is 29.6. The fraction of sp³-hybridized carbons (Fsp3) is 0.536. The van der Waals surface area contributed by atoms with Crippen LogP contribution in [0.4, 0.5) is 0 Å². The van der Waals surface area contributed by atoms with E-state index in [1.54, 1.807) is 0 Å². The molecule has 8 unspecified atom stereocenters. The molecular formula is C28H38O16. The third kappa shape index (κ3) is 7.72. The van der Waals surface area contributed by atoms with Gasteiger partial charge in [-0.05, 0) is 25.1 Å². The van der Waals surface area contributed by atoms with Crippen LogP contribution < -0.4 is 23.7 Å². The fourth-order valence-electron chi connectivity index (χ4n) is 4.35. The Morgan fingerprint density at radius 3 is 2.02 bits per heavy atom. The number of rotatable bonds is 10. The number of hydrogen-bond donors (Lipinski definition) is 7. The van der Waals surface area contributed by atoms with Gasteiger partial charge >= 0.3 is 5.97 Å². The van der Waals surface area contributed by atoms with E-state index in [2.05, 4.69) is 0 Å². The maximum Gasteiger partial charge on any atom is 0.335 e. The quantitative estimate of drug-likeness (QED) is 0.175. The zero-order valence-corrected chi connectivity index (χ0v) is 24.6. The molecule has 8 atom stereocenters. The Bertz CT molecular complexity index is 1230. The lowest BCUT2D eigenvalue weighted by Gasteiger charge is -2.42. The number of phenols is 1. The van der Waals surface area contributed by atoms with Crippen molar-refractivity contribution in [3.63, 3.8) is 0 Å². The van der Waals surface area contributed by atoms with E-state index in [0.717, 1.165) is 0 Å². The summed E-state index contributed by atoms with van der Waals surface area (Å²) in [6.45, 7) is 0.565. The molecule has 2 heterocycles. The zero-order chi connectivity index (χ0) is 32.8. The maximum atomic E-state index is 10.6. The highest BCUT2D eigenvalue weighted by Crippen LogP contribution is 2.42. The van der Waals surface area contributed by atoms with Gasteiger partial charge in [-0.25, -0.2) is 4.79 Å². The Morgan fingerprint density at radius 2 is 1.55 bits per heavy atom. The van der Waals surface area contributed by atoms with E-state index in [9.17, 15) is 30.3 Å². The summed E-state index contributed by atoms with van der Waals surface area (Å²) in [6.07, 6.45) is -9.72. The minimum Gasteiger partial charge on any atom is -0.504 e. The van der Waals surface area contributed by atoms with Gasteiger partial charge in [-0.1, -0.05) is 0 Å². The number of carboxylic acids is 1. The van der Waals surface area contributed by atoms with Crippen LogP contribution >= 0.6 is 0 Å². The Balaban J connectivity index is 0.000000369. The summed E-state index contributed by atoms with van der Waals surface area (Å²) >= 11 is 0. The summed E-state index contributed by atoms with van der Waals surface area (Å²) in [5, 5.41) is 68.5. The van der Waals surface area contributed by atoms with Crippen molar-refractivity contribution in [2.24, 2.45) is 0 Å². The minimum atomic E-state index is -1.57. The Labute approximate surface area is 252 Å². The van der Waals surface area contributed by atoms with E-state index < -0.39 is 61.3 Å². The number of benzene rings is 2. The first-order chi connectivity index (χ1) is 20.8. The third-order valence-electron chi connectivity index (χ3n) is 6.87. The van der Waals surface area contributed by atoms with Crippen LogP contribution in [0, 0.1) is 0 Å². The highest BCUT2D eigenvalue weighted by Gasteiger charge is 2.52. The number of carboxylic acid groups (broad SMARTS) is 1. The summed E-state index contributed by atoms with van der Waals surface area (Å²) in [4.78, 5) is 10.4. The first kappa shape index (κ1) is 34.9. The third-order valence-corrected chi connectivity index (χ3v) is 6.87. The van der Waals surface area contributed by atoms with Crippen molar-refractivity contribution in [2.45, 2.75) is 55.6 Å². The largest absolute Gasteiger partial charge is 0.504 e. The lowest BCUT2D eigenvalue weighted by atomic mass is 9.98. The van der Waals surface area contributed by atoms with E-state index in [4.69, 9.17) is 48.1 Å². The van der Waals surface area contributed by atoms with Gasteiger partial charge in [-0.2, -0.15) is 0 Å². The smallest absolute Gasteiger partial charge is 0.335 e. The van der Waals surface area contributed by atoms with Crippen LogP contribution in [0.5, 0.6) is 34.5 Å². The standard InChI is InChI=1S/C20H30O12.C8H8O4/c1-20(25)8-29-19(17(20)24)32-16-14(23)13(22)12(7-21)31-18(16)30-9-5-10(26-2)15(28-4)11(6-9)27-3;1-12-7-4-5(8(10)11)2-3-6(7)9/h5-6,12-14,16-19,21-25H,7-8H2,1-4H3;2-4,9H,1H3,(H,10,11). The molecule has 246 valence electrons. The van der Waals surface area contributed by atoms with Crippen LogP contribution in [-0.2, 0) is 14.2 Å². The number of aliphatic hydroxyl groups is 5. The van der Waals surface area contributed by atoms with E-state index in [0.29, 0.717) is 17.2 Å². The first-order valence-electron chi connectivity index (χ1n) is 13.2.